The van der Waals surface area contributed by atoms with E-state index in [-0.39, 0.29) is 10.8 Å². The summed E-state index contributed by atoms with van der Waals surface area (Å²) in [6.45, 7) is 2.23. The molecule has 1 amide bonds. The Morgan fingerprint density at radius 3 is 2.53 bits per heavy atom. The Morgan fingerprint density at radius 1 is 1.03 bits per heavy atom. The minimum atomic E-state index is -3.84. The van der Waals surface area contributed by atoms with Crippen LogP contribution in [0.2, 0.25) is 0 Å². The lowest BCUT2D eigenvalue weighted by atomic mass is 10.0. The second-order valence-corrected chi connectivity index (χ2v) is 9.16. The molecule has 1 N–H and O–H groups in total. The number of benzene rings is 3. The number of rotatable bonds is 4. The first-order valence-corrected chi connectivity index (χ1v) is 11.1. The molecule has 4 rings (SSSR count). The van der Waals surface area contributed by atoms with Crippen molar-refractivity contribution in [2.24, 2.45) is 0 Å². The molecule has 0 aromatic heterocycles. The summed E-state index contributed by atoms with van der Waals surface area (Å²) >= 11 is 0. The number of amides is 1. The molecule has 1 aliphatic rings. The standard InChI is InChI=1S/C23H21FN2O3S/c1-16-4-2-5-18(14-16)23(27)25-20-10-7-17-6-3-13-26(22(17)15-20)30(28,29)21-11-8-19(24)9-12-21/h2,4-5,7-12,14-15H,3,6,13H2,1H3,(H,25,27). The average molecular weight is 424 g/mol. The molecule has 0 saturated carbocycles. The van der Waals surface area contributed by atoms with Gasteiger partial charge in [-0.25, -0.2) is 12.8 Å². The monoisotopic (exact) mass is 424 g/mol. The van der Waals surface area contributed by atoms with Crippen molar-refractivity contribution in [3.8, 4) is 0 Å². The van der Waals surface area contributed by atoms with Gasteiger partial charge in [0, 0.05) is 17.8 Å². The van der Waals surface area contributed by atoms with Gasteiger partial charge in [0.2, 0.25) is 0 Å². The highest BCUT2D eigenvalue weighted by atomic mass is 32.2. The molecule has 0 aliphatic carbocycles. The number of sulfonamides is 1. The van der Waals surface area contributed by atoms with Gasteiger partial charge in [-0.3, -0.25) is 9.10 Å². The molecule has 0 spiro atoms. The van der Waals surface area contributed by atoms with Gasteiger partial charge in [-0.2, -0.15) is 0 Å². The summed E-state index contributed by atoms with van der Waals surface area (Å²) < 4.78 is 40.9. The summed E-state index contributed by atoms with van der Waals surface area (Å²) in [7, 11) is -3.84. The van der Waals surface area contributed by atoms with Crippen LogP contribution >= 0.6 is 0 Å². The highest BCUT2D eigenvalue weighted by Gasteiger charge is 2.29. The Balaban J connectivity index is 1.66. The van der Waals surface area contributed by atoms with Gasteiger partial charge in [0.15, 0.2) is 0 Å². The van der Waals surface area contributed by atoms with Crippen LogP contribution in [0.5, 0.6) is 0 Å². The third kappa shape index (κ3) is 3.93. The second-order valence-electron chi connectivity index (χ2n) is 7.30. The van der Waals surface area contributed by atoms with Crippen molar-refractivity contribution in [3.63, 3.8) is 0 Å². The fourth-order valence-electron chi connectivity index (χ4n) is 3.59. The normalized spacial score (nSPS) is 13.6. The van der Waals surface area contributed by atoms with Crippen LogP contribution in [0.1, 0.15) is 27.9 Å². The van der Waals surface area contributed by atoms with Crippen molar-refractivity contribution in [1.29, 1.82) is 0 Å². The maximum absolute atomic E-state index is 13.2. The van der Waals surface area contributed by atoms with E-state index in [1.165, 1.54) is 16.4 Å². The largest absolute Gasteiger partial charge is 0.322 e. The van der Waals surface area contributed by atoms with Crippen LogP contribution in [0.4, 0.5) is 15.8 Å². The van der Waals surface area contributed by atoms with Crippen LogP contribution in [0.25, 0.3) is 0 Å². The third-order valence-electron chi connectivity index (χ3n) is 5.10. The first-order chi connectivity index (χ1) is 14.3. The topological polar surface area (TPSA) is 66.5 Å². The van der Waals surface area contributed by atoms with Gasteiger partial charge in [-0.15, -0.1) is 0 Å². The molecule has 0 fully saturated rings. The van der Waals surface area contributed by atoms with E-state index in [0.29, 0.717) is 29.9 Å². The molecule has 7 heteroatoms. The predicted octanol–water partition coefficient (Wildman–Crippen LogP) is 4.53. The second kappa shape index (κ2) is 7.91. The summed E-state index contributed by atoms with van der Waals surface area (Å²) in [5.41, 5.74) is 3.45. The van der Waals surface area contributed by atoms with Gasteiger partial charge in [0.1, 0.15) is 5.82 Å². The minimum absolute atomic E-state index is 0.0333. The van der Waals surface area contributed by atoms with Crippen LogP contribution in [0.3, 0.4) is 0 Å². The van der Waals surface area contributed by atoms with Crippen LogP contribution < -0.4 is 9.62 Å². The molecule has 0 saturated heterocycles. The van der Waals surface area contributed by atoms with E-state index >= 15 is 0 Å². The zero-order valence-corrected chi connectivity index (χ0v) is 17.2. The molecule has 5 nitrogen and oxygen atoms in total. The van der Waals surface area contributed by atoms with E-state index in [2.05, 4.69) is 5.32 Å². The Hall–Kier alpha value is -3.19. The smallest absolute Gasteiger partial charge is 0.264 e. The number of hydrogen-bond acceptors (Lipinski definition) is 3. The summed E-state index contributed by atoms with van der Waals surface area (Å²) in [6.07, 6.45) is 1.43. The molecule has 0 atom stereocenters. The lowest BCUT2D eigenvalue weighted by Gasteiger charge is -2.31. The highest BCUT2D eigenvalue weighted by molar-refractivity contribution is 7.92. The van der Waals surface area contributed by atoms with E-state index in [4.69, 9.17) is 0 Å². The van der Waals surface area contributed by atoms with Crippen molar-refractivity contribution in [2.75, 3.05) is 16.2 Å². The van der Waals surface area contributed by atoms with Crippen molar-refractivity contribution in [2.45, 2.75) is 24.7 Å². The molecule has 0 unspecified atom stereocenters. The lowest BCUT2D eigenvalue weighted by molar-refractivity contribution is 0.102. The lowest BCUT2D eigenvalue weighted by Crippen LogP contribution is -2.35. The van der Waals surface area contributed by atoms with Gasteiger partial charge in [0.25, 0.3) is 15.9 Å². The Bertz CT molecular complexity index is 1210. The summed E-state index contributed by atoms with van der Waals surface area (Å²) in [5, 5.41) is 2.84. The Labute approximate surface area is 175 Å². The first-order valence-electron chi connectivity index (χ1n) is 9.64. The molecule has 30 heavy (non-hydrogen) atoms. The van der Waals surface area contributed by atoms with E-state index in [9.17, 15) is 17.6 Å². The fourth-order valence-corrected chi connectivity index (χ4v) is 5.12. The number of nitrogens with one attached hydrogen (secondary N) is 1. The van der Waals surface area contributed by atoms with E-state index < -0.39 is 15.8 Å². The minimum Gasteiger partial charge on any atom is -0.322 e. The summed E-state index contributed by atoms with van der Waals surface area (Å²) in [6, 6.07) is 17.3. The molecule has 1 heterocycles. The Morgan fingerprint density at radius 2 is 1.80 bits per heavy atom. The predicted molar refractivity (Wildman–Crippen MR) is 115 cm³/mol. The maximum atomic E-state index is 13.2. The van der Waals surface area contributed by atoms with Gasteiger partial charge < -0.3 is 5.32 Å². The van der Waals surface area contributed by atoms with Crippen LogP contribution in [-0.2, 0) is 16.4 Å². The number of nitrogens with zero attached hydrogens (tertiary/aromatic N) is 1. The van der Waals surface area contributed by atoms with Gasteiger partial charge in [-0.1, -0.05) is 23.8 Å². The van der Waals surface area contributed by atoms with Gasteiger partial charge in [-0.05, 0) is 73.9 Å². The highest BCUT2D eigenvalue weighted by Crippen LogP contribution is 2.34. The van der Waals surface area contributed by atoms with E-state index in [0.717, 1.165) is 29.7 Å². The van der Waals surface area contributed by atoms with Crippen LogP contribution in [0.15, 0.2) is 71.6 Å². The van der Waals surface area contributed by atoms with Crippen LogP contribution in [0, 0.1) is 12.7 Å². The van der Waals surface area contributed by atoms with Crippen molar-refractivity contribution >= 4 is 27.3 Å². The fraction of sp³-hybridized carbons (Fsp3) is 0.174. The number of fused-ring (bicyclic) bond motifs is 1. The zero-order chi connectivity index (χ0) is 21.3. The molecule has 3 aromatic carbocycles. The Kier molecular flexibility index (Phi) is 5.30. The van der Waals surface area contributed by atoms with Gasteiger partial charge in [0.05, 0.1) is 10.6 Å². The number of halogens is 1. The summed E-state index contributed by atoms with van der Waals surface area (Å²) in [5.74, 6) is -0.753. The number of aryl methyl sites for hydroxylation is 2. The molecular formula is C23H21FN2O3S. The number of anilines is 2. The molecule has 0 radical (unpaired) electrons. The van der Waals surface area contributed by atoms with Crippen molar-refractivity contribution in [1.82, 2.24) is 0 Å². The zero-order valence-electron chi connectivity index (χ0n) is 16.4. The molecule has 0 bridgehead atoms. The first kappa shape index (κ1) is 20.1. The number of carbonyl (C=O) groups is 1. The van der Waals surface area contributed by atoms with Crippen molar-refractivity contribution in [3.05, 3.63) is 89.2 Å². The summed E-state index contributed by atoms with van der Waals surface area (Å²) in [4.78, 5) is 12.6. The van der Waals surface area contributed by atoms with E-state index in [1.807, 2.05) is 25.1 Å². The number of hydrogen-bond donors (Lipinski definition) is 1. The van der Waals surface area contributed by atoms with Crippen LogP contribution in [-0.4, -0.2) is 20.9 Å². The molecular weight excluding hydrogens is 403 g/mol. The average Bonchev–Trinajstić information content (AvgIpc) is 2.73. The third-order valence-corrected chi connectivity index (χ3v) is 6.93. The van der Waals surface area contributed by atoms with E-state index in [1.54, 1.807) is 24.3 Å². The molecule has 3 aromatic rings. The molecule has 1 aliphatic heterocycles. The number of carbonyl (C=O) groups excluding carboxylic acids is 1. The SMILES string of the molecule is Cc1cccc(C(=O)Nc2ccc3c(c2)N(S(=O)(=O)c2ccc(F)cc2)CCC3)c1. The van der Waals surface area contributed by atoms with Crippen molar-refractivity contribution < 1.29 is 17.6 Å². The quantitative estimate of drug-likeness (QED) is 0.669. The maximum Gasteiger partial charge on any atom is 0.264 e. The molecule has 154 valence electrons. The van der Waals surface area contributed by atoms with Gasteiger partial charge >= 0.3 is 0 Å².